The Morgan fingerprint density at radius 2 is 2.03 bits per heavy atom. The number of H-pyrrole nitrogens is 1. The molecule has 2 aliphatic heterocycles. The van der Waals surface area contributed by atoms with Gasteiger partial charge in [-0.2, -0.15) is 8.78 Å². The van der Waals surface area contributed by atoms with Crippen molar-refractivity contribution in [3.63, 3.8) is 0 Å². The molecule has 6 nitrogen and oxygen atoms in total. The van der Waals surface area contributed by atoms with Crippen LogP contribution in [0, 0.1) is 5.92 Å². The number of alkyl halides is 2. The fourth-order valence-corrected chi connectivity index (χ4v) is 4.85. The first-order valence-electron chi connectivity index (χ1n) is 10.1. The van der Waals surface area contributed by atoms with Gasteiger partial charge >= 0.3 is 6.61 Å². The molecule has 0 unspecified atom stereocenters. The number of halogens is 2. The lowest BCUT2D eigenvalue weighted by Gasteiger charge is -2.43. The molecular weight excluding hydrogens is 390 g/mol. The van der Waals surface area contributed by atoms with Gasteiger partial charge in [-0.1, -0.05) is 18.2 Å². The third-order valence-electron chi connectivity index (χ3n) is 6.02. The number of nitrogens with zero attached hydrogens (tertiary/aromatic N) is 3. The molecule has 1 fully saturated rings. The van der Waals surface area contributed by atoms with Crippen LogP contribution < -0.4 is 10.3 Å². The summed E-state index contributed by atoms with van der Waals surface area (Å²) in [4.78, 5) is 22.6. The molecule has 4 heterocycles. The Morgan fingerprint density at radius 1 is 1.17 bits per heavy atom. The quantitative estimate of drug-likeness (QED) is 0.697. The van der Waals surface area contributed by atoms with Crippen molar-refractivity contribution in [1.82, 2.24) is 19.4 Å². The summed E-state index contributed by atoms with van der Waals surface area (Å²) in [6.45, 7) is -0.0423. The zero-order chi connectivity index (χ0) is 20.7. The van der Waals surface area contributed by atoms with Crippen LogP contribution in [-0.4, -0.2) is 39.1 Å². The number of fused-ring (bicyclic) bond motifs is 4. The molecule has 0 aliphatic carbocycles. The molecule has 0 saturated carbocycles. The number of ether oxygens (including phenoxy) is 1. The maximum absolute atomic E-state index is 13.1. The molecule has 0 amide bonds. The van der Waals surface area contributed by atoms with Crippen molar-refractivity contribution >= 4 is 0 Å². The van der Waals surface area contributed by atoms with Gasteiger partial charge in [0.05, 0.1) is 5.56 Å². The minimum Gasteiger partial charge on any atom is -0.434 e. The summed E-state index contributed by atoms with van der Waals surface area (Å²) < 4.78 is 32.0. The molecular formula is C22H22F2N4O2. The van der Waals surface area contributed by atoms with Crippen molar-refractivity contribution in [2.45, 2.75) is 32.0 Å². The lowest BCUT2D eigenvalue weighted by molar-refractivity contribution is -0.0509. The second kappa shape index (κ2) is 7.68. The normalized spacial score (nSPS) is 20.9. The summed E-state index contributed by atoms with van der Waals surface area (Å²) in [6, 6.07) is 10.8. The Bertz CT molecular complexity index is 1100. The molecule has 5 rings (SSSR count). The molecule has 2 aliphatic rings. The monoisotopic (exact) mass is 412 g/mol. The topological polar surface area (TPSA) is 63.2 Å². The number of nitrogens with one attached hydrogen (secondary N) is 1. The van der Waals surface area contributed by atoms with E-state index in [1.807, 2.05) is 28.8 Å². The van der Waals surface area contributed by atoms with Gasteiger partial charge in [-0.25, -0.2) is 4.98 Å². The zero-order valence-corrected chi connectivity index (χ0v) is 16.3. The maximum atomic E-state index is 13.1. The predicted octanol–water partition coefficient (Wildman–Crippen LogP) is 3.46. The fourth-order valence-electron chi connectivity index (χ4n) is 4.85. The number of hydrogen-bond acceptors (Lipinski definition) is 4. The van der Waals surface area contributed by atoms with Gasteiger partial charge in [-0.3, -0.25) is 9.69 Å². The number of aromatic nitrogens is 3. The van der Waals surface area contributed by atoms with Crippen LogP contribution in [0.25, 0.3) is 11.4 Å². The maximum Gasteiger partial charge on any atom is 0.387 e. The lowest BCUT2D eigenvalue weighted by Crippen LogP contribution is -2.47. The van der Waals surface area contributed by atoms with Crippen LogP contribution in [-0.2, 0) is 13.1 Å². The molecule has 1 aromatic carbocycles. The van der Waals surface area contributed by atoms with Crippen LogP contribution in [0.3, 0.4) is 0 Å². The highest BCUT2D eigenvalue weighted by molar-refractivity contribution is 5.53. The molecule has 2 bridgehead atoms. The predicted molar refractivity (Wildman–Crippen MR) is 107 cm³/mol. The molecule has 3 aromatic rings. The van der Waals surface area contributed by atoms with Gasteiger partial charge in [0.25, 0.3) is 5.56 Å². The largest absolute Gasteiger partial charge is 0.434 e. The number of piperidine rings is 1. The minimum atomic E-state index is -2.84. The van der Waals surface area contributed by atoms with Crippen molar-refractivity contribution in [2.24, 2.45) is 5.92 Å². The van der Waals surface area contributed by atoms with Gasteiger partial charge in [0.15, 0.2) is 0 Å². The van der Waals surface area contributed by atoms with Crippen LogP contribution in [0.15, 0.2) is 53.6 Å². The van der Waals surface area contributed by atoms with E-state index in [1.54, 1.807) is 24.5 Å². The van der Waals surface area contributed by atoms with Gasteiger partial charge in [0, 0.05) is 55.7 Å². The van der Waals surface area contributed by atoms with E-state index in [2.05, 4.69) is 19.6 Å². The molecule has 0 radical (unpaired) electrons. The van der Waals surface area contributed by atoms with Crippen molar-refractivity contribution in [1.29, 1.82) is 0 Å². The molecule has 30 heavy (non-hydrogen) atoms. The van der Waals surface area contributed by atoms with E-state index >= 15 is 0 Å². The van der Waals surface area contributed by atoms with Gasteiger partial charge < -0.3 is 14.3 Å². The molecule has 2 aromatic heterocycles. The van der Waals surface area contributed by atoms with E-state index in [4.69, 9.17) is 0 Å². The number of likely N-dealkylation sites (tertiary alicyclic amines) is 1. The number of imidazole rings is 1. The summed E-state index contributed by atoms with van der Waals surface area (Å²) in [5.74, 6) is 1.38. The summed E-state index contributed by atoms with van der Waals surface area (Å²) >= 11 is 0. The van der Waals surface area contributed by atoms with Gasteiger partial charge in [-0.15, -0.1) is 0 Å². The van der Waals surface area contributed by atoms with E-state index in [0.29, 0.717) is 30.4 Å². The van der Waals surface area contributed by atoms with E-state index in [-0.39, 0.29) is 17.2 Å². The Balaban J connectivity index is 1.39. The van der Waals surface area contributed by atoms with Crippen LogP contribution in [0.2, 0.25) is 0 Å². The van der Waals surface area contributed by atoms with E-state index in [0.717, 1.165) is 30.8 Å². The highest BCUT2D eigenvalue weighted by atomic mass is 19.3. The van der Waals surface area contributed by atoms with E-state index in [1.165, 1.54) is 0 Å². The Labute approximate surface area is 172 Å². The lowest BCUT2D eigenvalue weighted by atomic mass is 9.82. The summed E-state index contributed by atoms with van der Waals surface area (Å²) in [5.41, 5.74) is 2.36. The molecule has 156 valence electrons. The average Bonchev–Trinajstić information content (AvgIpc) is 3.24. The third kappa shape index (κ3) is 3.52. The highest BCUT2D eigenvalue weighted by Crippen LogP contribution is 2.36. The summed E-state index contributed by atoms with van der Waals surface area (Å²) in [6.07, 6.45) is 4.38. The van der Waals surface area contributed by atoms with Crippen LogP contribution in [0.5, 0.6) is 5.75 Å². The SMILES string of the molecule is O=c1c(-c2ncc[nH]2)ccc2n1C[C@H]1C[C@@H]2CN(Cc2ccccc2OC(F)F)C1. The standard InChI is InChI=1S/C22H22F2N4O2/c23-22(24)30-19-4-2-1-3-15(19)12-27-10-14-9-16(13-27)18-6-5-17(20-25-7-8-26-20)21(29)28(18)11-14/h1-8,14,16,22H,9-13H2,(H,25,26)/t14-,16+/m0/s1. The summed E-state index contributed by atoms with van der Waals surface area (Å²) in [7, 11) is 0. The third-order valence-corrected chi connectivity index (χ3v) is 6.02. The second-order valence-corrected chi connectivity index (χ2v) is 8.00. The molecule has 1 N–H and O–H groups in total. The summed E-state index contributed by atoms with van der Waals surface area (Å²) in [5, 5.41) is 0. The minimum absolute atomic E-state index is 0.0127. The Kier molecular flexibility index (Phi) is 4.86. The number of benzene rings is 1. The van der Waals surface area contributed by atoms with Gasteiger partial charge in [0.1, 0.15) is 11.6 Å². The highest BCUT2D eigenvalue weighted by Gasteiger charge is 2.35. The van der Waals surface area contributed by atoms with Crippen LogP contribution >= 0.6 is 0 Å². The molecule has 2 atom stereocenters. The molecule has 8 heteroatoms. The van der Waals surface area contributed by atoms with E-state index < -0.39 is 6.61 Å². The average molecular weight is 412 g/mol. The Hall–Kier alpha value is -3.00. The molecule has 1 saturated heterocycles. The van der Waals surface area contributed by atoms with Crippen molar-refractivity contribution in [2.75, 3.05) is 13.1 Å². The van der Waals surface area contributed by atoms with Crippen LogP contribution in [0.4, 0.5) is 8.78 Å². The zero-order valence-electron chi connectivity index (χ0n) is 16.3. The van der Waals surface area contributed by atoms with Crippen molar-refractivity contribution < 1.29 is 13.5 Å². The number of aromatic amines is 1. The van der Waals surface area contributed by atoms with Gasteiger partial charge in [-0.05, 0) is 30.5 Å². The second-order valence-electron chi connectivity index (χ2n) is 8.00. The number of para-hydroxylation sites is 1. The van der Waals surface area contributed by atoms with Gasteiger partial charge in [0.2, 0.25) is 0 Å². The first-order chi connectivity index (χ1) is 14.6. The number of hydrogen-bond donors (Lipinski definition) is 1. The smallest absolute Gasteiger partial charge is 0.387 e. The first-order valence-corrected chi connectivity index (χ1v) is 10.1. The number of pyridine rings is 1. The van der Waals surface area contributed by atoms with E-state index in [9.17, 15) is 13.6 Å². The number of rotatable bonds is 5. The van der Waals surface area contributed by atoms with Crippen LogP contribution in [0.1, 0.15) is 23.6 Å². The first kappa shape index (κ1) is 19.0. The van der Waals surface area contributed by atoms with Crippen molar-refractivity contribution in [3.05, 3.63) is 70.4 Å². The Morgan fingerprint density at radius 3 is 2.83 bits per heavy atom. The van der Waals surface area contributed by atoms with Crippen molar-refractivity contribution in [3.8, 4) is 17.1 Å². The fraction of sp³-hybridized carbons (Fsp3) is 0.364. The molecule has 0 spiro atoms.